The highest BCUT2D eigenvalue weighted by Crippen LogP contribution is 2.43. The molecule has 6 nitrogen and oxygen atoms in total. The van der Waals surface area contributed by atoms with Gasteiger partial charge in [0.2, 0.25) is 0 Å². The van der Waals surface area contributed by atoms with Crippen LogP contribution in [0, 0.1) is 0 Å². The summed E-state index contributed by atoms with van der Waals surface area (Å²) in [7, 11) is 3.44. The number of nitrogens with two attached hydrogens (primary N) is 1. The second-order valence-electron chi connectivity index (χ2n) is 10.2. The first-order valence-electron chi connectivity index (χ1n) is 12.8. The number of carbonyl (C=O) groups excluding carboxylic acids is 1. The number of allylic oxidation sites excluding steroid dienone is 2. The van der Waals surface area contributed by atoms with Crippen molar-refractivity contribution in [1.82, 2.24) is 4.57 Å². The summed E-state index contributed by atoms with van der Waals surface area (Å²) < 4.78 is 7.14. The van der Waals surface area contributed by atoms with Crippen molar-refractivity contribution in [3.8, 4) is 5.75 Å². The van der Waals surface area contributed by atoms with Crippen LogP contribution < -0.4 is 10.5 Å². The molecule has 0 saturated heterocycles. The Morgan fingerprint density at radius 1 is 1.03 bits per heavy atom. The van der Waals surface area contributed by atoms with Gasteiger partial charge in [-0.05, 0) is 79.6 Å². The summed E-state index contributed by atoms with van der Waals surface area (Å²) in [4.78, 5) is 25.6. The highest BCUT2D eigenvalue weighted by molar-refractivity contribution is 6.07. The fourth-order valence-corrected chi connectivity index (χ4v) is 5.74. The molecule has 1 aromatic heterocycles. The van der Waals surface area contributed by atoms with E-state index < -0.39 is 11.5 Å². The summed E-state index contributed by atoms with van der Waals surface area (Å²) in [6.07, 6.45) is 4.96. The molecule has 2 unspecified atom stereocenters. The molecule has 0 spiro atoms. The lowest BCUT2D eigenvalue weighted by Gasteiger charge is -2.29. The van der Waals surface area contributed by atoms with Crippen molar-refractivity contribution in [2.24, 2.45) is 12.8 Å². The predicted molar refractivity (Wildman–Crippen MR) is 150 cm³/mol. The highest BCUT2D eigenvalue weighted by Gasteiger charge is 2.38. The van der Waals surface area contributed by atoms with Crippen LogP contribution in [0.5, 0.6) is 5.75 Å². The number of carboxylic acid groups (broad SMARTS) is 1. The first-order chi connectivity index (χ1) is 18.2. The molecule has 5 rings (SSSR count). The van der Waals surface area contributed by atoms with Crippen LogP contribution in [0.1, 0.15) is 69.6 Å². The zero-order valence-corrected chi connectivity index (χ0v) is 21.9. The van der Waals surface area contributed by atoms with E-state index in [4.69, 9.17) is 10.5 Å². The standard InChI is InChI=1S/C32H32N2O4/c1-32(33,30(35)23-13-16-25(38-3)17-14-23)29-28(26-18-15-24(31(36)37)19-27(26)34(29)2)22-11-9-21(10-12-22)20-7-5-4-6-8-20/h4-8,11,13-19,21H,9-10,12,33H2,1-3H3,(H,36,37). The van der Waals surface area contributed by atoms with Gasteiger partial charge in [-0.3, -0.25) is 4.79 Å². The van der Waals surface area contributed by atoms with E-state index in [1.165, 1.54) is 5.56 Å². The van der Waals surface area contributed by atoms with Crippen LogP contribution in [0.15, 0.2) is 78.9 Å². The van der Waals surface area contributed by atoms with Crippen LogP contribution in [-0.4, -0.2) is 28.5 Å². The number of hydrogen-bond donors (Lipinski definition) is 2. The van der Waals surface area contributed by atoms with E-state index in [2.05, 4.69) is 30.3 Å². The molecule has 3 aromatic carbocycles. The summed E-state index contributed by atoms with van der Waals surface area (Å²) in [5, 5.41) is 10.5. The molecule has 38 heavy (non-hydrogen) atoms. The second-order valence-corrected chi connectivity index (χ2v) is 10.2. The summed E-state index contributed by atoms with van der Waals surface area (Å²) in [6, 6.07) is 22.6. The van der Waals surface area contributed by atoms with E-state index in [1.807, 2.05) is 23.7 Å². The van der Waals surface area contributed by atoms with E-state index in [1.54, 1.807) is 50.4 Å². The Bertz CT molecular complexity index is 1550. The third kappa shape index (κ3) is 4.41. The summed E-state index contributed by atoms with van der Waals surface area (Å²) >= 11 is 0. The quantitative estimate of drug-likeness (QED) is 0.286. The molecule has 0 saturated carbocycles. The van der Waals surface area contributed by atoms with Crippen LogP contribution in [0.25, 0.3) is 16.5 Å². The van der Waals surface area contributed by atoms with Crippen molar-refractivity contribution in [3.63, 3.8) is 0 Å². The fraction of sp³-hybridized carbons (Fsp3) is 0.250. The van der Waals surface area contributed by atoms with Gasteiger partial charge < -0.3 is 20.1 Å². The number of benzene rings is 3. The summed E-state index contributed by atoms with van der Waals surface area (Å²) in [5.74, 6) is -0.123. The number of carbonyl (C=O) groups is 2. The molecule has 6 heteroatoms. The lowest BCUT2D eigenvalue weighted by Crippen LogP contribution is -2.44. The number of methoxy groups -OCH3 is 1. The highest BCUT2D eigenvalue weighted by atomic mass is 16.5. The molecule has 194 valence electrons. The lowest BCUT2D eigenvalue weighted by molar-refractivity contribution is 0.0696. The van der Waals surface area contributed by atoms with E-state index in [-0.39, 0.29) is 11.3 Å². The summed E-state index contributed by atoms with van der Waals surface area (Å²) in [6.45, 7) is 1.74. The number of aromatic carboxylic acids is 1. The lowest BCUT2D eigenvalue weighted by atomic mass is 9.79. The van der Waals surface area contributed by atoms with Crippen molar-refractivity contribution in [2.45, 2.75) is 37.6 Å². The number of carboxylic acids is 1. The summed E-state index contributed by atoms with van der Waals surface area (Å²) in [5.41, 5.74) is 11.1. The molecule has 0 aliphatic heterocycles. The molecule has 0 bridgehead atoms. The van der Waals surface area contributed by atoms with Crippen molar-refractivity contribution in [2.75, 3.05) is 7.11 Å². The number of hydrogen-bond acceptors (Lipinski definition) is 4. The number of Topliss-reactive ketones (excluding diaryl/α,β-unsaturated/α-hetero) is 1. The monoisotopic (exact) mass is 508 g/mol. The van der Waals surface area contributed by atoms with Crippen molar-refractivity contribution in [1.29, 1.82) is 0 Å². The minimum Gasteiger partial charge on any atom is -0.497 e. The van der Waals surface area contributed by atoms with Gasteiger partial charge in [-0.25, -0.2) is 4.79 Å². The van der Waals surface area contributed by atoms with E-state index >= 15 is 0 Å². The maximum atomic E-state index is 13.9. The molecule has 1 heterocycles. The van der Waals surface area contributed by atoms with Gasteiger partial charge in [-0.1, -0.05) is 42.5 Å². The van der Waals surface area contributed by atoms with Gasteiger partial charge in [0.05, 0.1) is 18.4 Å². The molecule has 0 fully saturated rings. The number of ether oxygens (including phenoxy) is 1. The average molecular weight is 509 g/mol. The number of fused-ring (bicyclic) bond motifs is 1. The maximum absolute atomic E-state index is 13.9. The molecule has 4 aromatic rings. The van der Waals surface area contributed by atoms with Crippen LogP contribution in [0.4, 0.5) is 0 Å². The average Bonchev–Trinajstić information content (AvgIpc) is 3.25. The van der Waals surface area contributed by atoms with Gasteiger partial charge in [-0.2, -0.15) is 0 Å². The first-order valence-corrected chi connectivity index (χ1v) is 12.8. The molecular formula is C32H32N2O4. The Hall–Kier alpha value is -4.16. The van der Waals surface area contributed by atoms with E-state index in [9.17, 15) is 14.7 Å². The predicted octanol–water partition coefficient (Wildman–Crippen LogP) is 6.29. The molecule has 0 amide bonds. The van der Waals surface area contributed by atoms with Crippen LogP contribution >= 0.6 is 0 Å². The smallest absolute Gasteiger partial charge is 0.335 e. The van der Waals surface area contributed by atoms with Crippen molar-refractivity contribution in [3.05, 3.63) is 107 Å². The number of rotatable bonds is 7. The third-order valence-corrected chi connectivity index (χ3v) is 7.77. The molecule has 1 aliphatic carbocycles. The fourth-order valence-electron chi connectivity index (χ4n) is 5.74. The third-order valence-electron chi connectivity index (χ3n) is 7.77. The van der Waals surface area contributed by atoms with Gasteiger partial charge in [-0.15, -0.1) is 0 Å². The zero-order chi connectivity index (χ0) is 27.0. The van der Waals surface area contributed by atoms with Gasteiger partial charge in [0, 0.05) is 29.1 Å². The Morgan fingerprint density at radius 2 is 1.71 bits per heavy atom. The Labute approximate surface area is 222 Å². The van der Waals surface area contributed by atoms with E-state index in [0.29, 0.717) is 22.9 Å². The Kier molecular flexibility index (Phi) is 6.67. The van der Waals surface area contributed by atoms with Gasteiger partial charge >= 0.3 is 5.97 Å². The van der Waals surface area contributed by atoms with Crippen LogP contribution in [0.2, 0.25) is 0 Å². The topological polar surface area (TPSA) is 94.6 Å². The Morgan fingerprint density at radius 3 is 2.32 bits per heavy atom. The van der Waals surface area contributed by atoms with Crippen molar-refractivity contribution < 1.29 is 19.4 Å². The second kappa shape index (κ2) is 9.95. The SMILES string of the molecule is COc1ccc(C(=O)C(C)(N)c2c(C3=CCC(c4ccccc4)CC3)c3ccc(C(=O)O)cc3n2C)cc1. The molecule has 1 aliphatic rings. The number of nitrogens with zero attached hydrogens (tertiary/aromatic N) is 1. The largest absolute Gasteiger partial charge is 0.497 e. The van der Waals surface area contributed by atoms with Crippen molar-refractivity contribution >= 4 is 28.2 Å². The normalized spacial score (nSPS) is 17.1. The molecule has 3 N–H and O–H groups in total. The van der Waals surface area contributed by atoms with Gasteiger partial charge in [0.1, 0.15) is 11.3 Å². The van der Waals surface area contributed by atoms with Gasteiger partial charge in [0.25, 0.3) is 0 Å². The minimum absolute atomic E-state index is 0.193. The van der Waals surface area contributed by atoms with Crippen LogP contribution in [0.3, 0.4) is 0 Å². The number of ketones is 1. The number of aromatic nitrogens is 1. The maximum Gasteiger partial charge on any atom is 0.335 e. The zero-order valence-electron chi connectivity index (χ0n) is 21.9. The molecular weight excluding hydrogens is 476 g/mol. The number of aryl methyl sites for hydroxylation is 1. The Balaban J connectivity index is 1.64. The molecule has 0 radical (unpaired) electrons. The van der Waals surface area contributed by atoms with E-state index in [0.717, 1.165) is 41.3 Å². The molecule has 2 atom stereocenters. The van der Waals surface area contributed by atoms with Crippen LogP contribution in [-0.2, 0) is 12.6 Å². The first kappa shape index (κ1) is 25.5. The minimum atomic E-state index is -1.36. The van der Waals surface area contributed by atoms with Gasteiger partial charge in [0.15, 0.2) is 5.78 Å².